The van der Waals surface area contributed by atoms with Crippen LogP contribution in [-0.2, 0) is 4.79 Å². The highest BCUT2D eigenvalue weighted by Gasteiger charge is 2.34. The second-order valence-corrected chi connectivity index (χ2v) is 9.96. The van der Waals surface area contributed by atoms with Crippen molar-refractivity contribution in [3.63, 3.8) is 0 Å². The molecule has 3 N–H and O–H groups in total. The molecule has 29 heavy (non-hydrogen) atoms. The first-order valence-electron chi connectivity index (χ1n) is 7.82. The third-order valence-electron chi connectivity index (χ3n) is 3.28. The molecule has 0 radical (unpaired) electrons. The topological polar surface area (TPSA) is 62.4 Å². The van der Waals surface area contributed by atoms with Gasteiger partial charge in [-0.3, -0.25) is 4.79 Å². The molecule has 0 aliphatic carbocycles. The van der Waals surface area contributed by atoms with Gasteiger partial charge in [0.15, 0.2) is 11.7 Å². The fraction of sp³-hybridized carbons (Fsp3) is 0.176. The van der Waals surface area contributed by atoms with Crippen LogP contribution in [-0.4, -0.2) is 27.6 Å². The zero-order valence-corrected chi connectivity index (χ0v) is 20.5. The third-order valence-corrected chi connectivity index (χ3v) is 5.38. The summed E-state index contributed by atoms with van der Waals surface area (Å²) in [6.45, 7) is -0.370. The van der Waals surface area contributed by atoms with Gasteiger partial charge in [-0.2, -0.15) is 0 Å². The van der Waals surface area contributed by atoms with E-state index < -0.39 is 15.9 Å². The number of para-hydroxylation sites is 1. The highest BCUT2D eigenvalue weighted by atomic mass is 79.9. The molecule has 0 aliphatic heterocycles. The van der Waals surface area contributed by atoms with Gasteiger partial charge < -0.3 is 20.7 Å². The summed E-state index contributed by atoms with van der Waals surface area (Å²) < 4.78 is 4.26. The molecule has 5 nitrogen and oxygen atoms in total. The van der Waals surface area contributed by atoms with Crippen molar-refractivity contribution in [3.05, 3.63) is 57.0 Å². The Balaban J connectivity index is 1.96. The van der Waals surface area contributed by atoms with Gasteiger partial charge in [0.1, 0.15) is 11.9 Å². The van der Waals surface area contributed by atoms with E-state index in [2.05, 4.69) is 31.9 Å². The van der Waals surface area contributed by atoms with E-state index in [1.807, 2.05) is 18.2 Å². The van der Waals surface area contributed by atoms with Gasteiger partial charge in [0.2, 0.25) is 3.79 Å². The number of anilines is 1. The van der Waals surface area contributed by atoms with Gasteiger partial charge in [0.25, 0.3) is 5.91 Å². The molecule has 0 saturated heterocycles. The van der Waals surface area contributed by atoms with E-state index in [1.165, 1.54) is 6.07 Å². The largest absolute Gasteiger partial charge is 0.482 e. The maximum atomic E-state index is 12.3. The van der Waals surface area contributed by atoms with E-state index in [9.17, 15) is 4.79 Å². The highest BCUT2D eigenvalue weighted by Crippen LogP contribution is 2.30. The zero-order valence-electron chi connectivity index (χ0n) is 14.3. The van der Waals surface area contributed by atoms with Crippen LogP contribution in [0.2, 0.25) is 10.0 Å². The standard InChI is InChI=1S/C17H13BrCl5N3O2S/c18-10-3-1-2-4-12(10)24-16(29)26-15(17(21,22)23)25-14(27)8-28-13-6-5-9(19)7-11(13)20/h1-7,15H,8H2,(H,25,27)(H2,24,26,29)/t15-/m0/s1. The first kappa shape index (κ1) is 24.6. The number of rotatable bonds is 6. The minimum absolute atomic E-state index is 0.134. The number of hydrogen-bond acceptors (Lipinski definition) is 3. The van der Waals surface area contributed by atoms with Crippen molar-refractivity contribution in [3.8, 4) is 5.75 Å². The molecule has 2 aromatic rings. The van der Waals surface area contributed by atoms with Gasteiger partial charge in [-0.15, -0.1) is 0 Å². The lowest BCUT2D eigenvalue weighted by Crippen LogP contribution is -2.57. The van der Waals surface area contributed by atoms with Gasteiger partial charge in [0, 0.05) is 9.50 Å². The van der Waals surface area contributed by atoms with Crippen LogP contribution in [0.25, 0.3) is 0 Å². The molecule has 156 valence electrons. The van der Waals surface area contributed by atoms with Gasteiger partial charge in [-0.05, 0) is 58.5 Å². The summed E-state index contributed by atoms with van der Waals surface area (Å²) in [5.74, 6) is -0.278. The van der Waals surface area contributed by atoms with Gasteiger partial charge in [0.05, 0.1) is 10.7 Å². The van der Waals surface area contributed by atoms with Crippen LogP contribution in [0.15, 0.2) is 46.9 Å². The second-order valence-electron chi connectivity index (χ2n) is 5.48. The van der Waals surface area contributed by atoms with Crippen LogP contribution in [0.3, 0.4) is 0 Å². The summed E-state index contributed by atoms with van der Waals surface area (Å²) in [5.41, 5.74) is 0.695. The number of hydrogen-bond donors (Lipinski definition) is 3. The minimum atomic E-state index is -1.90. The lowest BCUT2D eigenvalue weighted by molar-refractivity contribution is -0.123. The number of amides is 1. The van der Waals surface area contributed by atoms with E-state index in [4.69, 9.17) is 75.0 Å². The van der Waals surface area contributed by atoms with Crippen LogP contribution in [0.1, 0.15) is 0 Å². The SMILES string of the molecule is O=C(COc1ccc(Cl)cc1Cl)N[C@@H](NC(=S)Nc1ccccc1Br)C(Cl)(Cl)Cl. The number of carbonyl (C=O) groups is 1. The highest BCUT2D eigenvalue weighted by molar-refractivity contribution is 9.10. The van der Waals surface area contributed by atoms with Crippen molar-refractivity contribution in [2.24, 2.45) is 0 Å². The molecule has 1 amide bonds. The number of ether oxygens (including phenoxy) is 1. The van der Waals surface area contributed by atoms with E-state index in [-0.39, 0.29) is 22.5 Å². The Morgan fingerprint density at radius 1 is 1.14 bits per heavy atom. The lowest BCUT2D eigenvalue weighted by Gasteiger charge is -2.28. The van der Waals surface area contributed by atoms with Crippen LogP contribution < -0.4 is 20.7 Å². The summed E-state index contributed by atoms with van der Waals surface area (Å²) in [7, 11) is 0. The Hall–Kier alpha value is -0.670. The third kappa shape index (κ3) is 8.17. The quantitative estimate of drug-likeness (QED) is 0.225. The molecule has 0 aliphatic rings. The summed E-state index contributed by atoms with van der Waals surface area (Å²) in [6.07, 6.45) is -1.13. The van der Waals surface area contributed by atoms with Crippen molar-refractivity contribution < 1.29 is 9.53 Å². The van der Waals surface area contributed by atoms with Crippen molar-refractivity contribution >= 4 is 103 Å². The molecule has 12 heteroatoms. The Morgan fingerprint density at radius 3 is 2.45 bits per heavy atom. The van der Waals surface area contributed by atoms with E-state index >= 15 is 0 Å². The predicted octanol–water partition coefficient (Wildman–Crippen LogP) is 5.93. The Labute approximate surface area is 206 Å². The predicted molar refractivity (Wildman–Crippen MR) is 128 cm³/mol. The van der Waals surface area contributed by atoms with E-state index in [0.29, 0.717) is 10.7 Å². The Morgan fingerprint density at radius 2 is 1.83 bits per heavy atom. The first-order valence-corrected chi connectivity index (χ1v) is 10.9. The Kier molecular flexibility index (Phi) is 9.41. The molecule has 2 aromatic carbocycles. The number of carbonyl (C=O) groups excluding carboxylic acids is 1. The molecular formula is C17H13BrCl5N3O2S. The van der Waals surface area contributed by atoms with Crippen LogP contribution in [0.5, 0.6) is 5.75 Å². The number of nitrogens with one attached hydrogen (secondary N) is 3. The minimum Gasteiger partial charge on any atom is -0.482 e. The molecule has 1 atom stereocenters. The molecule has 0 heterocycles. The molecule has 0 fully saturated rings. The maximum Gasteiger partial charge on any atom is 0.259 e. The summed E-state index contributed by atoms with van der Waals surface area (Å²) >= 11 is 38.3. The van der Waals surface area contributed by atoms with Crippen molar-refractivity contribution in [2.75, 3.05) is 11.9 Å². The Bertz CT molecular complexity index is 898. The van der Waals surface area contributed by atoms with E-state index in [0.717, 1.165) is 4.47 Å². The number of alkyl halides is 3. The lowest BCUT2D eigenvalue weighted by atomic mass is 10.3. The smallest absolute Gasteiger partial charge is 0.259 e. The van der Waals surface area contributed by atoms with Crippen LogP contribution in [0, 0.1) is 0 Å². The number of benzene rings is 2. The summed E-state index contributed by atoms with van der Waals surface area (Å²) in [6, 6.07) is 11.9. The van der Waals surface area contributed by atoms with Gasteiger partial charge in [-0.1, -0.05) is 70.1 Å². The monoisotopic (exact) mass is 577 g/mol. The van der Waals surface area contributed by atoms with Crippen molar-refractivity contribution in [2.45, 2.75) is 9.96 Å². The van der Waals surface area contributed by atoms with Crippen molar-refractivity contribution in [1.82, 2.24) is 10.6 Å². The average molecular weight is 581 g/mol. The van der Waals surface area contributed by atoms with Crippen LogP contribution >= 0.6 is 86.2 Å². The zero-order chi connectivity index (χ0) is 21.6. The van der Waals surface area contributed by atoms with Gasteiger partial charge in [-0.25, -0.2) is 0 Å². The molecule has 0 spiro atoms. The number of halogens is 6. The number of thiocarbonyl (C=S) groups is 1. The fourth-order valence-corrected chi connectivity index (χ4v) is 3.39. The first-order chi connectivity index (χ1) is 13.6. The maximum absolute atomic E-state index is 12.3. The van der Waals surface area contributed by atoms with Crippen molar-refractivity contribution in [1.29, 1.82) is 0 Å². The molecule has 0 saturated carbocycles. The normalized spacial score (nSPS) is 12.1. The summed E-state index contributed by atoms with van der Waals surface area (Å²) in [4.78, 5) is 12.3. The molecule has 2 rings (SSSR count). The fourth-order valence-electron chi connectivity index (χ4n) is 1.99. The molecule has 0 bridgehead atoms. The van der Waals surface area contributed by atoms with Crippen LogP contribution in [0.4, 0.5) is 5.69 Å². The summed E-state index contributed by atoms with van der Waals surface area (Å²) in [5, 5.41) is 9.05. The average Bonchev–Trinajstić information content (AvgIpc) is 2.61. The molecule has 0 aromatic heterocycles. The van der Waals surface area contributed by atoms with E-state index in [1.54, 1.807) is 18.2 Å². The molecule has 0 unspecified atom stereocenters. The second kappa shape index (κ2) is 11.1. The van der Waals surface area contributed by atoms with Gasteiger partial charge >= 0.3 is 0 Å². The molecular weight excluding hydrogens is 567 g/mol.